The van der Waals surface area contributed by atoms with E-state index in [4.69, 9.17) is 0 Å². The molecule has 3 rings (SSSR count). The van der Waals surface area contributed by atoms with Crippen LogP contribution in [0.25, 0.3) is 0 Å². The lowest BCUT2D eigenvalue weighted by Gasteiger charge is -2.42. The van der Waals surface area contributed by atoms with Gasteiger partial charge in [0, 0.05) is 11.5 Å². The summed E-state index contributed by atoms with van der Waals surface area (Å²) in [5.41, 5.74) is 3.06. The van der Waals surface area contributed by atoms with E-state index in [1.165, 1.54) is 41.9 Å². The third kappa shape index (κ3) is 4.83. The van der Waals surface area contributed by atoms with Gasteiger partial charge in [0.05, 0.1) is 0 Å². The molecule has 0 N–H and O–H groups in total. The van der Waals surface area contributed by atoms with Gasteiger partial charge in [-0.05, 0) is 59.8 Å². The fraction of sp³-hybridized carbons (Fsp3) is 0.409. The largest absolute Gasteiger partial charge is 0.248 e. The van der Waals surface area contributed by atoms with E-state index in [0.29, 0.717) is 0 Å². The third-order valence-corrected chi connectivity index (χ3v) is 10.6. The lowest BCUT2D eigenvalue weighted by Crippen LogP contribution is -2.31. The third-order valence-electron chi connectivity index (χ3n) is 5.20. The lowest BCUT2D eigenvalue weighted by molar-refractivity contribution is 0.616. The van der Waals surface area contributed by atoms with Gasteiger partial charge < -0.3 is 0 Å². The van der Waals surface area contributed by atoms with Crippen molar-refractivity contribution in [1.82, 2.24) is 0 Å². The van der Waals surface area contributed by atoms with Crippen LogP contribution in [0.3, 0.4) is 0 Å². The summed E-state index contributed by atoms with van der Waals surface area (Å²) in [6, 6.07) is 22.2. The highest BCUT2D eigenvalue weighted by atomic mass is 32.2. The molecule has 0 aliphatic heterocycles. The second-order valence-electron chi connectivity index (χ2n) is 7.04. The van der Waals surface area contributed by atoms with Crippen molar-refractivity contribution in [3.05, 3.63) is 78.2 Å². The van der Waals surface area contributed by atoms with Crippen LogP contribution in [0.5, 0.6) is 0 Å². The summed E-state index contributed by atoms with van der Waals surface area (Å²) in [4.78, 5) is 0. The second-order valence-corrected chi connectivity index (χ2v) is 12.0. The van der Waals surface area contributed by atoms with Gasteiger partial charge in [-0.1, -0.05) is 60.7 Å². The molecule has 24 heavy (non-hydrogen) atoms. The maximum absolute atomic E-state index is 2.57. The fourth-order valence-corrected chi connectivity index (χ4v) is 9.84. The molecule has 2 heteroatoms. The van der Waals surface area contributed by atoms with Crippen molar-refractivity contribution in [2.24, 2.45) is 0 Å². The molecule has 0 amide bonds. The molecule has 1 aliphatic carbocycles. The molecule has 0 bridgehead atoms. The highest BCUT2D eigenvalue weighted by Crippen LogP contribution is 2.49. The van der Waals surface area contributed by atoms with Crippen LogP contribution in [0.15, 0.2) is 60.7 Å². The fourth-order valence-electron chi connectivity index (χ4n) is 3.89. The molecule has 0 saturated heterocycles. The van der Waals surface area contributed by atoms with Gasteiger partial charge in [-0.25, -0.2) is 21.8 Å². The van der Waals surface area contributed by atoms with Crippen molar-refractivity contribution in [1.29, 1.82) is 0 Å². The average Bonchev–Trinajstić information content (AvgIpc) is 2.63. The maximum Gasteiger partial charge on any atom is 0.0000810 e. The van der Waals surface area contributed by atoms with Gasteiger partial charge in [0.1, 0.15) is 0 Å². The van der Waals surface area contributed by atoms with E-state index >= 15 is 0 Å². The van der Waals surface area contributed by atoms with Crippen molar-refractivity contribution >= 4 is 21.8 Å². The number of hydrogen-bond donors (Lipinski definition) is 2. The van der Waals surface area contributed by atoms with Crippen molar-refractivity contribution < 1.29 is 0 Å². The van der Waals surface area contributed by atoms with Crippen LogP contribution in [0.4, 0.5) is 0 Å². The summed E-state index contributed by atoms with van der Waals surface area (Å²) in [5.74, 6) is 2.59. The van der Waals surface area contributed by atoms with Gasteiger partial charge in [0.25, 0.3) is 0 Å². The lowest BCUT2D eigenvalue weighted by atomic mass is 10.00. The Balaban J connectivity index is 1.66. The van der Waals surface area contributed by atoms with E-state index in [-0.39, 0.29) is 21.8 Å². The quantitative estimate of drug-likeness (QED) is 0.601. The van der Waals surface area contributed by atoms with E-state index in [2.05, 4.69) is 79.6 Å². The van der Waals surface area contributed by atoms with E-state index in [1.54, 1.807) is 0 Å². The Bertz CT molecular complexity index is 540. The molecule has 1 fully saturated rings. The summed E-state index contributed by atoms with van der Waals surface area (Å²) in [7, 11) is 0.138. The van der Waals surface area contributed by atoms with Gasteiger partial charge in [-0.15, -0.1) is 0 Å². The van der Waals surface area contributed by atoms with Crippen LogP contribution < -0.4 is 0 Å². The molecule has 0 aromatic heterocycles. The van der Waals surface area contributed by atoms with Crippen LogP contribution in [0.2, 0.25) is 0 Å². The summed E-state index contributed by atoms with van der Waals surface area (Å²) in [6.07, 6.45) is 11.8. The minimum absolute atomic E-state index is 0.0636. The zero-order valence-corrected chi connectivity index (χ0v) is 16.7. The van der Waals surface area contributed by atoms with Gasteiger partial charge in [-0.2, -0.15) is 0 Å². The summed E-state index contributed by atoms with van der Waals surface area (Å²) in [6.45, 7) is 0. The van der Waals surface area contributed by atoms with Crippen molar-refractivity contribution in [3.8, 4) is 0 Å². The molecule has 1 aliphatic rings. The Labute approximate surface area is 153 Å². The Morgan fingerprint density at radius 3 is 1.79 bits per heavy atom. The molecule has 0 nitrogen and oxygen atoms in total. The first-order chi connectivity index (χ1) is 11.7. The summed E-state index contributed by atoms with van der Waals surface area (Å²) in [5, 5.41) is 1.87. The maximum atomic E-state index is 2.57. The highest BCUT2D eigenvalue weighted by Gasteiger charge is 2.30. The first-order valence-corrected chi connectivity index (χ1v) is 13.1. The standard InChI is InChI=1S/C22H31S2/c1-23(17-19-11-5-3-6-12-19)21-15-9-10-16-22(21)24(2)18-20-13-7-4-8-14-20/h3-9,11-14,21-24H,10,15-18H2,1-2H3. The smallest absolute Gasteiger partial charge is 0.0000810 e. The Hall–Kier alpha value is -0.860. The van der Waals surface area contributed by atoms with Crippen LogP contribution in [0, 0.1) is 6.42 Å². The predicted octanol–water partition coefficient (Wildman–Crippen LogP) is 5.77. The highest BCUT2D eigenvalue weighted by molar-refractivity contribution is 8.19. The zero-order chi connectivity index (χ0) is 16.8. The number of thiol groups is 2. The second kappa shape index (κ2) is 9.01. The van der Waals surface area contributed by atoms with Crippen LogP contribution in [-0.2, 0) is 11.5 Å². The van der Waals surface area contributed by atoms with Gasteiger partial charge in [-0.3, -0.25) is 0 Å². The van der Waals surface area contributed by atoms with Crippen LogP contribution >= 0.6 is 21.8 Å². The molecule has 0 heterocycles. The molecule has 4 unspecified atom stereocenters. The van der Waals surface area contributed by atoms with E-state index in [1.807, 2.05) is 0 Å². The SMILES string of the molecule is C[SH](Cc1ccccc1)C1C[CH]CCC1[SH](C)Cc1ccccc1. The van der Waals surface area contributed by atoms with E-state index in [0.717, 1.165) is 10.5 Å². The average molecular weight is 360 g/mol. The topological polar surface area (TPSA) is 0 Å². The minimum atomic E-state index is 0.0636. The molecule has 0 spiro atoms. The first-order valence-electron chi connectivity index (χ1n) is 9.04. The normalized spacial score (nSPS) is 25.1. The molecule has 1 saturated carbocycles. The molecule has 2 aromatic carbocycles. The summed E-state index contributed by atoms with van der Waals surface area (Å²) >= 11 is 0. The van der Waals surface area contributed by atoms with E-state index < -0.39 is 0 Å². The predicted molar refractivity (Wildman–Crippen MR) is 116 cm³/mol. The molecule has 2 aromatic rings. The van der Waals surface area contributed by atoms with E-state index in [9.17, 15) is 0 Å². The van der Waals surface area contributed by atoms with Gasteiger partial charge in [0.15, 0.2) is 0 Å². The van der Waals surface area contributed by atoms with Crippen LogP contribution in [-0.4, -0.2) is 23.0 Å². The van der Waals surface area contributed by atoms with Gasteiger partial charge >= 0.3 is 0 Å². The molecule has 1 radical (unpaired) electrons. The van der Waals surface area contributed by atoms with Crippen molar-refractivity contribution in [3.63, 3.8) is 0 Å². The Morgan fingerprint density at radius 2 is 1.25 bits per heavy atom. The monoisotopic (exact) mass is 359 g/mol. The van der Waals surface area contributed by atoms with Crippen LogP contribution in [0.1, 0.15) is 30.4 Å². The minimum Gasteiger partial charge on any atom is -0.248 e. The number of rotatable bonds is 6. The molecule has 4 atom stereocenters. The number of hydrogen-bond acceptors (Lipinski definition) is 0. The zero-order valence-electron chi connectivity index (χ0n) is 14.9. The molecular formula is C22H31S2. The Morgan fingerprint density at radius 1 is 0.750 bits per heavy atom. The van der Waals surface area contributed by atoms with Crippen molar-refractivity contribution in [2.45, 2.75) is 41.3 Å². The molecule has 131 valence electrons. The summed E-state index contributed by atoms with van der Waals surface area (Å²) < 4.78 is 0. The first kappa shape index (κ1) is 17.9. The van der Waals surface area contributed by atoms with Gasteiger partial charge in [0.2, 0.25) is 0 Å². The Kier molecular flexibility index (Phi) is 6.74. The van der Waals surface area contributed by atoms with Crippen molar-refractivity contribution in [2.75, 3.05) is 12.5 Å². The number of benzene rings is 2. The molecular weight excluding hydrogens is 328 g/mol.